The van der Waals surface area contributed by atoms with Gasteiger partial charge in [0.2, 0.25) is 5.91 Å². The van der Waals surface area contributed by atoms with Crippen LogP contribution in [0.3, 0.4) is 0 Å². The number of amides is 1. The molecule has 0 aromatic rings. The second-order valence-corrected chi connectivity index (χ2v) is 2.46. The molecule has 3 N–H and O–H groups in total. The molecular weight excluding hydrogens is 152 g/mol. The topological polar surface area (TPSA) is 55.1 Å². The van der Waals surface area contributed by atoms with Crippen molar-refractivity contribution in [1.82, 2.24) is 5.32 Å². The molecule has 3 nitrogen and oxygen atoms in total. The standard InChI is InChI=1S/C6H12N2O.ClH/c7-5-2-1-3-6(9)8-4-5;/h5H,1-4,7H2,(H,8,9);1H/t5-;/m0./s1. The number of nitrogens with one attached hydrogen (secondary N) is 1. The third-order valence-electron chi connectivity index (χ3n) is 1.54. The summed E-state index contributed by atoms with van der Waals surface area (Å²) in [5.41, 5.74) is 5.58. The maximum atomic E-state index is 10.7. The van der Waals surface area contributed by atoms with Crippen molar-refractivity contribution in [3.63, 3.8) is 0 Å². The van der Waals surface area contributed by atoms with E-state index in [1.54, 1.807) is 0 Å². The number of carbonyl (C=O) groups excluding carboxylic acids is 1. The fraction of sp³-hybridized carbons (Fsp3) is 0.833. The van der Waals surface area contributed by atoms with Crippen molar-refractivity contribution in [3.8, 4) is 0 Å². The van der Waals surface area contributed by atoms with Gasteiger partial charge in [0.05, 0.1) is 0 Å². The van der Waals surface area contributed by atoms with Crippen molar-refractivity contribution in [3.05, 3.63) is 0 Å². The number of rotatable bonds is 0. The summed E-state index contributed by atoms with van der Waals surface area (Å²) in [6.45, 7) is 0.652. The average molecular weight is 165 g/mol. The molecule has 0 spiro atoms. The highest BCUT2D eigenvalue weighted by molar-refractivity contribution is 5.85. The van der Waals surface area contributed by atoms with Crippen LogP contribution in [0.4, 0.5) is 0 Å². The molecule has 0 aromatic heterocycles. The molecule has 1 saturated heterocycles. The van der Waals surface area contributed by atoms with Gasteiger partial charge in [0.1, 0.15) is 0 Å². The zero-order chi connectivity index (χ0) is 6.69. The fourth-order valence-corrected chi connectivity index (χ4v) is 0.960. The number of halogens is 1. The summed E-state index contributed by atoms with van der Waals surface area (Å²) in [5.74, 6) is 0.142. The predicted octanol–water partition coefficient (Wildman–Crippen LogP) is 0.0356. The molecule has 1 aliphatic rings. The SMILES string of the molecule is Cl.N[C@H]1CCCC(=O)NC1. The summed E-state index contributed by atoms with van der Waals surface area (Å²) >= 11 is 0. The molecule has 1 aliphatic heterocycles. The minimum absolute atomic E-state index is 0. The maximum Gasteiger partial charge on any atom is 0.220 e. The lowest BCUT2D eigenvalue weighted by Crippen LogP contribution is -2.33. The van der Waals surface area contributed by atoms with Crippen molar-refractivity contribution in [2.24, 2.45) is 5.73 Å². The van der Waals surface area contributed by atoms with E-state index in [1.807, 2.05) is 0 Å². The highest BCUT2D eigenvalue weighted by atomic mass is 35.5. The van der Waals surface area contributed by atoms with Gasteiger partial charge in [0.25, 0.3) is 0 Å². The Morgan fingerprint density at radius 1 is 1.60 bits per heavy atom. The Morgan fingerprint density at radius 3 is 3.00 bits per heavy atom. The molecule has 1 rings (SSSR count). The first-order valence-electron chi connectivity index (χ1n) is 3.31. The van der Waals surface area contributed by atoms with Crippen LogP contribution in [0.5, 0.6) is 0 Å². The molecule has 1 heterocycles. The molecule has 0 saturated carbocycles. The zero-order valence-electron chi connectivity index (χ0n) is 5.80. The van der Waals surface area contributed by atoms with Gasteiger partial charge in [0.15, 0.2) is 0 Å². The second-order valence-electron chi connectivity index (χ2n) is 2.46. The summed E-state index contributed by atoms with van der Waals surface area (Å²) in [6, 6.07) is 0.177. The van der Waals surface area contributed by atoms with Gasteiger partial charge in [-0.3, -0.25) is 4.79 Å². The molecule has 0 radical (unpaired) electrons. The molecule has 1 fully saturated rings. The third-order valence-corrected chi connectivity index (χ3v) is 1.54. The van der Waals surface area contributed by atoms with Crippen LogP contribution in [0.1, 0.15) is 19.3 Å². The summed E-state index contributed by atoms with van der Waals surface area (Å²) in [7, 11) is 0. The fourth-order valence-electron chi connectivity index (χ4n) is 0.960. The van der Waals surface area contributed by atoms with E-state index in [4.69, 9.17) is 5.73 Å². The van der Waals surface area contributed by atoms with Crippen molar-refractivity contribution in [1.29, 1.82) is 0 Å². The van der Waals surface area contributed by atoms with Gasteiger partial charge in [-0.25, -0.2) is 0 Å². The van der Waals surface area contributed by atoms with Gasteiger partial charge >= 0.3 is 0 Å². The first-order valence-corrected chi connectivity index (χ1v) is 3.31. The normalized spacial score (nSPS) is 26.1. The van der Waals surface area contributed by atoms with E-state index in [2.05, 4.69) is 5.32 Å². The Morgan fingerprint density at radius 2 is 2.30 bits per heavy atom. The molecular formula is C6H13ClN2O. The van der Waals surface area contributed by atoms with Gasteiger partial charge < -0.3 is 11.1 Å². The zero-order valence-corrected chi connectivity index (χ0v) is 6.62. The van der Waals surface area contributed by atoms with E-state index >= 15 is 0 Å². The number of carbonyl (C=O) groups is 1. The van der Waals surface area contributed by atoms with Crippen LogP contribution < -0.4 is 11.1 Å². The lowest BCUT2D eigenvalue weighted by molar-refractivity contribution is -0.120. The number of nitrogens with two attached hydrogens (primary N) is 1. The number of hydrogen-bond acceptors (Lipinski definition) is 2. The van der Waals surface area contributed by atoms with Gasteiger partial charge in [-0.1, -0.05) is 0 Å². The molecule has 1 amide bonds. The van der Waals surface area contributed by atoms with Gasteiger partial charge in [-0.05, 0) is 12.8 Å². The Hall–Kier alpha value is -0.280. The Bertz CT molecular complexity index is 118. The van der Waals surface area contributed by atoms with E-state index in [-0.39, 0.29) is 24.4 Å². The molecule has 60 valence electrons. The lowest BCUT2D eigenvalue weighted by atomic mass is 10.2. The predicted molar refractivity (Wildman–Crippen MR) is 42.1 cm³/mol. The highest BCUT2D eigenvalue weighted by Gasteiger charge is 2.10. The molecule has 0 aromatic carbocycles. The Labute approximate surface area is 66.8 Å². The van der Waals surface area contributed by atoms with Crippen LogP contribution in [0, 0.1) is 0 Å². The first kappa shape index (κ1) is 9.72. The first-order chi connectivity index (χ1) is 4.29. The maximum absolute atomic E-state index is 10.7. The Balaban J connectivity index is 0.000000810. The van der Waals surface area contributed by atoms with Crippen molar-refractivity contribution >= 4 is 18.3 Å². The van der Waals surface area contributed by atoms with Crippen LogP contribution in [0.25, 0.3) is 0 Å². The van der Waals surface area contributed by atoms with Crippen molar-refractivity contribution in [2.75, 3.05) is 6.54 Å². The van der Waals surface area contributed by atoms with Crippen LogP contribution in [0.15, 0.2) is 0 Å². The highest BCUT2D eigenvalue weighted by Crippen LogP contribution is 2.01. The van der Waals surface area contributed by atoms with E-state index < -0.39 is 0 Å². The van der Waals surface area contributed by atoms with E-state index in [9.17, 15) is 4.79 Å². The molecule has 10 heavy (non-hydrogen) atoms. The molecule has 0 aliphatic carbocycles. The largest absolute Gasteiger partial charge is 0.355 e. The molecule has 1 atom stereocenters. The summed E-state index contributed by atoms with van der Waals surface area (Å²) in [5, 5.41) is 2.73. The number of hydrogen-bond donors (Lipinski definition) is 2. The van der Waals surface area contributed by atoms with E-state index in [0.717, 1.165) is 12.8 Å². The minimum Gasteiger partial charge on any atom is -0.355 e. The lowest BCUT2D eigenvalue weighted by Gasteiger charge is -2.04. The summed E-state index contributed by atoms with van der Waals surface area (Å²) < 4.78 is 0. The van der Waals surface area contributed by atoms with E-state index in [1.165, 1.54) is 0 Å². The van der Waals surface area contributed by atoms with Crippen LogP contribution in [-0.2, 0) is 4.79 Å². The van der Waals surface area contributed by atoms with Gasteiger partial charge in [-0.2, -0.15) is 0 Å². The van der Waals surface area contributed by atoms with E-state index in [0.29, 0.717) is 13.0 Å². The minimum atomic E-state index is 0. The molecule has 0 bridgehead atoms. The van der Waals surface area contributed by atoms with Gasteiger partial charge in [0, 0.05) is 19.0 Å². The summed E-state index contributed by atoms with van der Waals surface area (Å²) in [6.07, 6.45) is 2.55. The van der Waals surface area contributed by atoms with Gasteiger partial charge in [-0.15, -0.1) is 12.4 Å². The Kier molecular flexibility index (Phi) is 4.40. The van der Waals surface area contributed by atoms with Crippen LogP contribution >= 0.6 is 12.4 Å². The third kappa shape index (κ3) is 3.03. The smallest absolute Gasteiger partial charge is 0.220 e. The van der Waals surface area contributed by atoms with Crippen molar-refractivity contribution < 1.29 is 4.79 Å². The molecule has 4 heteroatoms. The van der Waals surface area contributed by atoms with Crippen LogP contribution in [-0.4, -0.2) is 18.5 Å². The average Bonchev–Trinajstić information content (AvgIpc) is 1.97. The van der Waals surface area contributed by atoms with Crippen LogP contribution in [0.2, 0.25) is 0 Å². The monoisotopic (exact) mass is 164 g/mol. The quantitative estimate of drug-likeness (QED) is 0.531. The van der Waals surface area contributed by atoms with Crippen molar-refractivity contribution in [2.45, 2.75) is 25.3 Å². The summed E-state index contributed by atoms with van der Waals surface area (Å²) in [4.78, 5) is 10.7. The second kappa shape index (κ2) is 4.52. The molecule has 0 unspecified atom stereocenters.